The van der Waals surface area contributed by atoms with Gasteiger partial charge in [-0.25, -0.2) is 4.79 Å². The highest BCUT2D eigenvalue weighted by molar-refractivity contribution is 5.91. The van der Waals surface area contributed by atoms with Crippen molar-refractivity contribution in [3.63, 3.8) is 0 Å². The van der Waals surface area contributed by atoms with Crippen LogP contribution >= 0.6 is 0 Å². The Bertz CT molecular complexity index is 529. The Morgan fingerprint density at radius 2 is 2.16 bits per heavy atom. The third-order valence-corrected chi connectivity index (χ3v) is 3.75. The summed E-state index contributed by atoms with van der Waals surface area (Å²) < 4.78 is 5.15. The molecule has 1 saturated heterocycles. The molecule has 0 bridgehead atoms. The second-order valence-electron chi connectivity index (χ2n) is 4.96. The predicted molar refractivity (Wildman–Crippen MR) is 69.8 cm³/mol. The van der Waals surface area contributed by atoms with Gasteiger partial charge in [-0.05, 0) is 18.1 Å². The van der Waals surface area contributed by atoms with E-state index < -0.39 is 0 Å². The molecule has 100 valence electrons. The van der Waals surface area contributed by atoms with Gasteiger partial charge in [0, 0.05) is 20.0 Å². The summed E-state index contributed by atoms with van der Waals surface area (Å²) in [6.07, 6.45) is 0.466. The summed E-state index contributed by atoms with van der Waals surface area (Å²) in [6.45, 7) is 3.18. The van der Waals surface area contributed by atoms with Crippen LogP contribution in [0.1, 0.15) is 18.9 Å². The summed E-state index contributed by atoms with van der Waals surface area (Å²) >= 11 is 0. The standard InChI is InChI=1S/C14H16N2O3/c1-10(17)15-7-6-12-9-19-14(18)16(12)13-5-3-2-4-11(13)8-15/h2-5,12H,6-9H2,1H3/t12-/m0/s1. The van der Waals surface area contributed by atoms with Gasteiger partial charge < -0.3 is 9.64 Å². The van der Waals surface area contributed by atoms with Crippen LogP contribution in [0.15, 0.2) is 24.3 Å². The Morgan fingerprint density at radius 3 is 2.95 bits per heavy atom. The van der Waals surface area contributed by atoms with E-state index in [-0.39, 0.29) is 18.0 Å². The summed E-state index contributed by atoms with van der Waals surface area (Å²) in [4.78, 5) is 27.1. The van der Waals surface area contributed by atoms with Gasteiger partial charge in [-0.2, -0.15) is 0 Å². The van der Waals surface area contributed by atoms with Crippen molar-refractivity contribution in [1.29, 1.82) is 0 Å². The molecular formula is C14H16N2O3. The summed E-state index contributed by atoms with van der Waals surface area (Å²) in [7, 11) is 0. The van der Waals surface area contributed by atoms with E-state index in [4.69, 9.17) is 4.74 Å². The van der Waals surface area contributed by atoms with Crippen LogP contribution in [0.25, 0.3) is 0 Å². The largest absolute Gasteiger partial charge is 0.447 e. The van der Waals surface area contributed by atoms with Crippen molar-refractivity contribution in [2.24, 2.45) is 0 Å². The average molecular weight is 260 g/mol. The molecule has 1 fully saturated rings. The maximum absolute atomic E-state index is 11.9. The highest BCUT2D eigenvalue weighted by atomic mass is 16.6. The average Bonchev–Trinajstić information content (AvgIpc) is 2.72. The fourth-order valence-corrected chi connectivity index (χ4v) is 2.71. The second kappa shape index (κ2) is 4.57. The van der Waals surface area contributed by atoms with Gasteiger partial charge in [0.15, 0.2) is 0 Å². The molecular weight excluding hydrogens is 244 g/mol. The van der Waals surface area contributed by atoms with E-state index in [9.17, 15) is 9.59 Å². The first-order valence-corrected chi connectivity index (χ1v) is 6.46. The van der Waals surface area contributed by atoms with Crippen LogP contribution < -0.4 is 4.90 Å². The number of rotatable bonds is 0. The first-order chi connectivity index (χ1) is 9.16. The first-order valence-electron chi connectivity index (χ1n) is 6.46. The van der Waals surface area contributed by atoms with Crippen LogP contribution in [0.5, 0.6) is 0 Å². The van der Waals surface area contributed by atoms with Crippen LogP contribution in [0.4, 0.5) is 10.5 Å². The number of benzene rings is 1. The molecule has 2 heterocycles. The Hall–Kier alpha value is -2.04. The third kappa shape index (κ3) is 2.05. The molecule has 3 rings (SSSR count). The smallest absolute Gasteiger partial charge is 0.414 e. The maximum atomic E-state index is 11.9. The molecule has 5 heteroatoms. The van der Waals surface area contributed by atoms with Crippen LogP contribution in [-0.4, -0.2) is 36.1 Å². The van der Waals surface area contributed by atoms with E-state index >= 15 is 0 Å². The first kappa shape index (κ1) is 12.0. The lowest BCUT2D eigenvalue weighted by molar-refractivity contribution is -0.129. The van der Waals surface area contributed by atoms with Crippen LogP contribution in [0, 0.1) is 0 Å². The van der Waals surface area contributed by atoms with E-state index in [1.165, 1.54) is 0 Å². The fourth-order valence-electron chi connectivity index (χ4n) is 2.71. The van der Waals surface area contributed by atoms with Crippen LogP contribution in [-0.2, 0) is 16.1 Å². The van der Waals surface area contributed by atoms with E-state index in [1.807, 2.05) is 29.2 Å². The minimum absolute atomic E-state index is 0.0239. The lowest BCUT2D eigenvalue weighted by Gasteiger charge is -2.31. The van der Waals surface area contributed by atoms with Crippen molar-refractivity contribution >= 4 is 17.7 Å². The van der Waals surface area contributed by atoms with Crippen molar-refractivity contribution in [3.8, 4) is 0 Å². The van der Waals surface area contributed by atoms with Gasteiger partial charge in [0.25, 0.3) is 0 Å². The van der Waals surface area contributed by atoms with Gasteiger partial charge in [-0.15, -0.1) is 0 Å². The minimum Gasteiger partial charge on any atom is -0.447 e. The maximum Gasteiger partial charge on any atom is 0.414 e. The van der Waals surface area contributed by atoms with E-state index in [0.29, 0.717) is 19.7 Å². The summed E-state index contributed by atoms with van der Waals surface area (Å²) in [6, 6.07) is 7.73. The lowest BCUT2D eigenvalue weighted by atomic mass is 10.1. The predicted octanol–water partition coefficient (Wildman–Crippen LogP) is 1.76. The Morgan fingerprint density at radius 1 is 1.37 bits per heavy atom. The molecule has 19 heavy (non-hydrogen) atoms. The molecule has 2 aliphatic rings. The molecule has 0 radical (unpaired) electrons. The summed E-state index contributed by atoms with van der Waals surface area (Å²) in [5.74, 6) is 0.0634. The van der Waals surface area contributed by atoms with Crippen molar-refractivity contribution in [2.75, 3.05) is 18.1 Å². The Balaban J connectivity index is 2.03. The lowest BCUT2D eigenvalue weighted by Crippen LogP contribution is -2.41. The highest BCUT2D eigenvalue weighted by Gasteiger charge is 2.37. The van der Waals surface area contributed by atoms with Crippen molar-refractivity contribution in [3.05, 3.63) is 29.8 Å². The second-order valence-corrected chi connectivity index (χ2v) is 4.96. The zero-order valence-corrected chi connectivity index (χ0v) is 10.8. The summed E-state index contributed by atoms with van der Waals surface area (Å²) in [5.41, 5.74) is 1.85. The molecule has 0 N–H and O–H groups in total. The minimum atomic E-state index is -0.284. The quantitative estimate of drug-likeness (QED) is 0.714. The molecule has 0 aromatic heterocycles. The monoisotopic (exact) mass is 260 g/mol. The molecule has 0 unspecified atom stereocenters. The molecule has 1 aromatic carbocycles. The molecule has 1 aromatic rings. The third-order valence-electron chi connectivity index (χ3n) is 3.75. The van der Waals surface area contributed by atoms with Crippen molar-refractivity contribution in [1.82, 2.24) is 4.90 Å². The number of anilines is 1. The van der Waals surface area contributed by atoms with E-state index in [2.05, 4.69) is 0 Å². The fraction of sp³-hybridized carbons (Fsp3) is 0.429. The van der Waals surface area contributed by atoms with Crippen molar-refractivity contribution in [2.45, 2.75) is 25.9 Å². The summed E-state index contributed by atoms with van der Waals surface area (Å²) in [5, 5.41) is 0. The molecule has 5 nitrogen and oxygen atoms in total. The van der Waals surface area contributed by atoms with Gasteiger partial charge in [-0.1, -0.05) is 18.2 Å². The van der Waals surface area contributed by atoms with Crippen LogP contribution in [0.3, 0.4) is 0 Å². The number of amides is 2. The number of nitrogens with zero attached hydrogens (tertiary/aromatic N) is 2. The number of hydrogen-bond donors (Lipinski definition) is 0. The van der Waals surface area contributed by atoms with Gasteiger partial charge in [0.2, 0.25) is 5.91 Å². The Labute approximate surface area is 111 Å². The number of fused-ring (bicyclic) bond motifs is 3. The Kier molecular flexibility index (Phi) is 2.89. The number of carbonyl (C=O) groups excluding carboxylic acids is 2. The molecule has 1 atom stereocenters. The molecule has 0 saturated carbocycles. The SMILES string of the molecule is CC(=O)N1CC[C@H]2COC(=O)N2c2ccccc2C1. The van der Waals surface area contributed by atoms with Crippen molar-refractivity contribution < 1.29 is 14.3 Å². The number of cyclic esters (lactones) is 1. The number of ether oxygens (including phenoxy) is 1. The molecule has 0 aliphatic carbocycles. The zero-order chi connectivity index (χ0) is 13.4. The molecule has 0 spiro atoms. The van der Waals surface area contributed by atoms with Crippen LogP contribution in [0.2, 0.25) is 0 Å². The molecule has 2 amide bonds. The normalized spacial score (nSPS) is 22.2. The van der Waals surface area contributed by atoms with Gasteiger partial charge in [-0.3, -0.25) is 9.69 Å². The van der Waals surface area contributed by atoms with Gasteiger partial charge in [0.05, 0.1) is 11.7 Å². The highest BCUT2D eigenvalue weighted by Crippen LogP contribution is 2.31. The van der Waals surface area contributed by atoms with Gasteiger partial charge >= 0.3 is 6.09 Å². The van der Waals surface area contributed by atoms with E-state index in [1.54, 1.807) is 11.8 Å². The number of hydrogen-bond acceptors (Lipinski definition) is 3. The zero-order valence-electron chi connectivity index (χ0n) is 10.8. The number of carbonyl (C=O) groups is 2. The van der Waals surface area contributed by atoms with E-state index in [0.717, 1.165) is 17.7 Å². The number of para-hydroxylation sites is 1. The topological polar surface area (TPSA) is 49.9 Å². The molecule has 2 aliphatic heterocycles. The van der Waals surface area contributed by atoms with Gasteiger partial charge in [0.1, 0.15) is 6.61 Å².